The molecule has 7 nitrogen and oxygen atoms in total. The van der Waals surface area contributed by atoms with Gasteiger partial charge in [-0.25, -0.2) is 0 Å². The van der Waals surface area contributed by atoms with Gasteiger partial charge in [-0.2, -0.15) is 0 Å². The summed E-state index contributed by atoms with van der Waals surface area (Å²) in [6, 6.07) is 3.60. The van der Waals surface area contributed by atoms with Crippen LogP contribution in [0.15, 0.2) is 12.1 Å². The summed E-state index contributed by atoms with van der Waals surface area (Å²) in [5.74, 6) is 0.682. The van der Waals surface area contributed by atoms with Crippen LogP contribution >= 0.6 is 0 Å². The quantitative estimate of drug-likeness (QED) is 0.847. The van der Waals surface area contributed by atoms with Crippen molar-refractivity contribution in [2.24, 2.45) is 0 Å². The van der Waals surface area contributed by atoms with Gasteiger partial charge < -0.3 is 19.9 Å². The smallest absolute Gasteiger partial charge is 0.245 e. The van der Waals surface area contributed by atoms with Gasteiger partial charge in [0.05, 0.1) is 13.5 Å². The molecular weight excluding hydrogens is 346 g/mol. The van der Waals surface area contributed by atoms with Crippen LogP contribution in [0.4, 0.5) is 0 Å². The van der Waals surface area contributed by atoms with Crippen molar-refractivity contribution in [2.45, 2.75) is 39.2 Å². The first kappa shape index (κ1) is 19.2. The van der Waals surface area contributed by atoms with E-state index < -0.39 is 6.04 Å². The number of aryl methyl sites for hydroxylation is 2. The average molecular weight is 373 g/mol. The van der Waals surface area contributed by atoms with Gasteiger partial charge in [0.15, 0.2) is 0 Å². The topological polar surface area (TPSA) is 79.0 Å². The monoisotopic (exact) mass is 373 g/mol. The number of ether oxygens (including phenoxy) is 1. The molecule has 2 saturated heterocycles. The number of methoxy groups -OCH3 is 1. The summed E-state index contributed by atoms with van der Waals surface area (Å²) in [6.07, 6.45) is 1.26. The van der Waals surface area contributed by atoms with Gasteiger partial charge in [-0.3, -0.25) is 14.4 Å². The molecular formula is C20H27N3O4. The van der Waals surface area contributed by atoms with Crippen molar-refractivity contribution in [3.05, 3.63) is 28.8 Å². The molecule has 0 aliphatic carbocycles. The van der Waals surface area contributed by atoms with E-state index in [9.17, 15) is 14.4 Å². The molecule has 1 atom stereocenters. The molecule has 146 valence electrons. The fraction of sp³-hybridized carbons (Fsp3) is 0.550. The van der Waals surface area contributed by atoms with Crippen molar-refractivity contribution in [2.75, 3.05) is 33.3 Å². The lowest BCUT2D eigenvalue weighted by Gasteiger charge is -2.36. The van der Waals surface area contributed by atoms with Crippen LogP contribution in [-0.2, 0) is 20.8 Å². The molecule has 0 aromatic heterocycles. The van der Waals surface area contributed by atoms with Gasteiger partial charge in [-0.15, -0.1) is 0 Å². The molecule has 2 aliphatic rings. The Bertz CT molecular complexity index is 754. The van der Waals surface area contributed by atoms with E-state index in [0.29, 0.717) is 45.4 Å². The van der Waals surface area contributed by atoms with Crippen molar-refractivity contribution in [3.8, 4) is 5.75 Å². The van der Waals surface area contributed by atoms with Gasteiger partial charge in [-0.05, 0) is 37.5 Å². The third-order valence-corrected chi connectivity index (χ3v) is 5.36. The highest BCUT2D eigenvalue weighted by Gasteiger charge is 2.33. The number of benzene rings is 1. The Kier molecular flexibility index (Phi) is 5.68. The Balaban J connectivity index is 1.58. The van der Waals surface area contributed by atoms with Gasteiger partial charge in [0, 0.05) is 38.2 Å². The number of hydrogen-bond acceptors (Lipinski definition) is 4. The predicted molar refractivity (Wildman–Crippen MR) is 100 cm³/mol. The van der Waals surface area contributed by atoms with Crippen LogP contribution < -0.4 is 10.1 Å². The molecule has 2 fully saturated rings. The molecule has 7 heteroatoms. The Morgan fingerprint density at radius 2 is 1.81 bits per heavy atom. The fourth-order valence-electron chi connectivity index (χ4n) is 3.83. The molecule has 1 N–H and O–H groups in total. The number of rotatable bonds is 4. The number of piperazine rings is 1. The van der Waals surface area contributed by atoms with E-state index in [-0.39, 0.29) is 17.7 Å². The standard InChI is InChI=1S/C20H27N3O4/c1-13-10-14(2)15(17(11-13)27-3)12-19(25)22-6-8-23(9-7-22)20(26)16-4-5-18(24)21-16/h10-11,16H,4-9,12H2,1-3H3,(H,21,24). The van der Waals surface area contributed by atoms with Crippen LogP contribution in [0.3, 0.4) is 0 Å². The maximum absolute atomic E-state index is 12.8. The Hall–Kier alpha value is -2.57. The Morgan fingerprint density at radius 1 is 1.15 bits per heavy atom. The summed E-state index contributed by atoms with van der Waals surface area (Å²) in [5, 5.41) is 2.72. The normalized spacial score (nSPS) is 19.8. The van der Waals surface area contributed by atoms with Gasteiger partial charge in [0.2, 0.25) is 17.7 Å². The van der Waals surface area contributed by atoms with E-state index in [1.165, 1.54) is 0 Å². The largest absolute Gasteiger partial charge is 0.496 e. The summed E-state index contributed by atoms with van der Waals surface area (Å²) in [5.41, 5.74) is 3.07. The first-order chi connectivity index (χ1) is 12.9. The minimum absolute atomic E-state index is 0.0380. The van der Waals surface area contributed by atoms with E-state index in [1.54, 1.807) is 16.9 Å². The molecule has 2 aliphatic heterocycles. The molecule has 0 radical (unpaired) electrons. The zero-order chi connectivity index (χ0) is 19.6. The summed E-state index contributed by atoms with van der Waals surface area (Å²) in [7, 11) is 1.62. The lowest BCUT2D eigenvalue weighted by molar-refractivity contribution is -0.140. The zero-order valence-corrected chi connectivity index (χ0v) is 16.2. The van der Waals surface area contributed by atoms with Crippen LogP contribution in [0, 0.1) is 13.8 Å². The fourth-order valence-corrected chi connectivity index (χ4v) is 3.83. The molecule has 27 heavy (non-hydrogen) atoms. The second-order valence-electron chi connectivity index (χ2n) is 7.30. The molecule has 3 amide bonds. The van der Waals surface area contributed by atoms with Crippen molar-refractivity contribution in [1.82, 2.24) is 15.1 Å². The van der Waals surface area contributed by atoms with E-state index >= 15 is 0 Å². The summed E-state index contributed by atoms with van der Waals surface area (Å²) in [4.78, 5) is 40.1. The Labute approximate surface area is 159 Å². The molecule has 1 unspecified atom stereocenters. The number of carbonyl (C=O) groups excluding carboxylic acids is 3. The average Bonchev–Trinajstić information content (AvgIpc) is 3.09. The molecule has 1 aromatic carbocycles. The minimum Gasteiger partial charge on any atom is -0.496 e. The number of hydrogen-bond donors (Lipinski definition) is 1. The van der Waals surface area contributed by atoms with Gasteiger partial charge in [0.25, 0.3) is 0 Å². The SMILES string of the molecule is COc1cc(C)cc(C)c1CC(=O)N1CCN(C(=O)C2CCC(=O)N2)CC1. The Morgan fingerprint density at radius 3 is 2.41 bits per heavy atom. The highest BCUT2D eigenvalue weighted by Crippen LogP contribution is 2.25. The van der Waals surface area contributed by atoms with Gasteiger partial charge >= 0.3 is 0 Å². The molecule has 0 spiro atoms. The molecule has 1 aromatic rings. The summed E-state index contributed by atoms with van der Waals surface area (Å²) in [6.45, 7) is 6.02. The summed E-state index contributed by atoms with van der Waals surface area (Å²) >= 11 is 0. The second-order valence-corrected chi connectivity index (χ2v) is 7.30. The van der Waals surface area contributed by atoms with Gasteiger partial charge in [-0.1, -0.05) is 6.07 Å². The molecule has 0 saturated carbocycles. The third kappa shape index (κ3) is 4.23. The van der Waals surface area contributed by atoms with Crippen molar-refractivity contribution in [3.63, 3.8) is 0 Å². The lowest BCUT2D eigenvalue weighted by atomic mass is 10.0. The van der Waals surface area contributed by atoms with Crippen LogP contribution in [-0.4, -0.2) is 66.9 Å². The lowest BCUT2D eigenvalue weighted by Crippen LogP contribution is -2.54. The minimum atomic E-state index is -0.403. The first-order valence-electron chi connectivity index (χ1n) is 9.39. The van der Waals surface area contributed by atoms with Crippen molar-refractivity contribution < 1.29 is 19.1 Å². The van der Waals surface area contributed by atoms with E-state index in [2.05, 4.69) is 11.4 Å². The summed E-state index contributed by atoms with van der Waals surface area (Å²) < 4.78 is 5.45. The van der Waals surface area contributed by atoms with E-state index in [4.69, 9.17) is 4.74 Å². The van der Waals surface area contributed by atoms with Crippen LogP contribution in [0.25, 0.3) is 0 Å². The molecule has 0 bridgehead atoms. The second kappa shape index (κ2) is 7.98. The first-order valence-corrected chi connectivity index (χ1v) is 9.39. The predicted octanol–water partition coefficient (Wildman–Crippen LogP) is 0.804. The number of amides is 3. The van der Waals surface area contributed by atoms with Gasteiger partial charge in [0.1, 0.15) is 11.8 Å². The molecule has 3 rings (SSSR count). The zero-order valence-electron chi connectivity index (χ0n) is 16.2. The maximum Gasteiger partial charge on any atom is 0.245 e. The van der Waals surface area contributed by atoms with Crippen LogP contribution in [0.1, 0.15) is 29.5 Å². The van der Waals surface area contributed by atoms with E-state index in [1.807, 2.05) is 19.9 Å². The highest BCUT2D eigenvalue weighted by atomic mass is 16.5. The third-order valence-electron chi connectivity index (χ3n) is 5.36. The number of nitrogens with one attached hydrogen (secondary N) is 1. The molecule has 2 heterocycles. The maximum atomic E-state index is 12.8. The van der Waals surface area contributed by atoms with Crippen molar-refractivity contribution in [1.29, 1.82) is 0 Å². The van der Waals surface area contributed by atoms with Crippen LogP contribution in [0.2, 0.25) is 0 Å². The van der Waals surface area contributed by atoms with Crippen LogP contribution in [0.5, 0.6) is 5.75 Å². The number of nitrogens with zero attached hydrogens (tertiary/aromatic N) is 2. The highest BCUT2D eigenvalue weighted by molar-refractivity contribution is 5.91. The number of carbonyl (C=O) groups is 3. The van der Waals surface area contributed by atoms with E-state index in [0.717, 1.165) is 22.4 Å². The van der Waals surface area contributed by atoms with Crippen molar-refractivity contribution >= 4 is 17.7 Å².